The summed E-state index contributed by atoms with van der Waals surface area (Å²) in [5.41, 5.74) is -0.891. The van der Waals surface area contributed by atoms with E-state index in [1.54, 1.807) is 20.8 Å². The van der Waals surface area contributed by atoms with Gasteiger partial charge < -0.3 is 14.6 Å². The Morgan fingerprint density at radius 3 is 2.35 bits per heavy atom. The molecule has 0 saturated heterocycles. The number of rotatable bonds is 3. The molecule has 1 amide bonds. The maximum Gasteiger partial charge on any atom is 0.412 e. The Kier molecular flexibility index (Phi) is 4.83. The zero-order chi connectivity index (χ0) is 15.5. The molecule has 0 bridgehead atoms. The van der Waals surface area contributed by atoms with Gasteiger partial charge in [-0.1, -0.05) is 11.6 Å². The Hall–Kier alpha value is -1.95. The third kappa shape index (κ3) is 4.03. The summed E-state index contributed by atoms with van der Waals surface area (Å²) in [7, 11) is 1.33. The molecule has 1 aromatic rings. The molecule has 6 nitrogen and oxygen atoms in total. The molecule has 2 N–H and O–H groups in total. The Bertz CT molecular complexity index is 536. The largest absolute Gasteiger partial charge is 0.493 e. The second kappa shape index (κ2) is 6.00. The van der Waals surface area contributed by atoms with Gasteiger partial charge >= 0.3 is 12.1 Å². The van der Waals surface area contributed by atoms with Crippen LogP contribution in [0.1, 0.15) is 31.1 Å². The normalized spacial score (nSPS) is 10.8. The first-order valence-corrected chi connectivity index (χ1v) is 6.13. The van der Waals surface area contributed by atoms with Gasteiger partial charge in [-0.2, -0.15) is 0 Å². The van der Waals surface area contributed by atoms with Crippen molar-refractivity contribution in [3.8, 4) is 5.75 Å². The molecular formula is C13H16ClNO5. The molecule has 0 spiro atoms. The highest BCUT2D eigenvalue weighted by atomic mass is 35.5. The van der Waals surface area contributed by atoms with Crippen LogP contribution in [0.15, 0.2) is 12.1 Å². The number of carbonyl (C=O) groups excluding carboxylic acids is 1. The van der Waals surface area contributed by atoms with Crippen LogP contribution in [0.2, 0.25) is 5.02 Å². The number of methoxy groups -OCH3 is 1. The van der Waals surface area contributed by atoms with Crippen molar-refractivity contribution in [3.05, 3.63) is 22.7 Å². The average Bonchev–Trinajstić information content (AvgIpc) is 2.26. The van der Waals surface area contributed by atoms with Gasteiger partial charge in [-0.15, -0.1) is 0 Å². The van der Waals surface area contributed by atoms with Crippen LogP contribution in [0, 0.1) is 0 Å². The third-order valence-corrected chi connectivity index (χ3v) is 2.47. The molecule has 0 heterocycles. The summed E-state index contributed by atoms with van der Waals surface area (Å²) < 4.78 is 10.1. The van der Waals surface area contributed by atoms with Crippen LogP contribution < -0.4 is 10.1 Å². The van der Waals surface area contributed by atoms with Crippen molar-refractivity contribution >= 4 is 29.4 Å². The zero-order valence-corrected chi connectivity index (χ0v) is 12.4. The van der Waals surface area contributed by atoms with Crippen molar-refractivity contribution in [2.45, 2.75) is 26.4 Å². The second-order valence-electron chi connectivity index (χ2n) is 4.94. The van der Waals surface area contributed by atoms with Crippen LogP contribution in [-0.4, -0.2) is 29.9 Å². The van der Waals surface area contributed by atoms with Gasteiger partial charge in [0.1, 0.15) is 11.3 Å². The van der Waals surface area contributed by atoms with E-state index in [1.165, 1.54) is 19.2 Å². The maximum atomic E-state index is 11.8. The predicted octanol–water partition coefficient (Wildman–Crippen LogP) is 3.39. The number of carboxylic acid groups (broad SMARTS) is 1. The quantitative estimate of drug-likeness (QED) is 0.894. The van der Waals surface area contributed by atoms with E-state index in [1.807, 2.05) is 0 Å². The first-order valence-electron chi connectivity index (χ1n) is 5.75. The molecule has 0 aliphatic heterocycles. The summed E-state index contributed by atoms with van der Waals surface area (Å²) in [6.45, 7) is 5.08. The van der Waals surface area contributed by atoms with E-state index >= 15 is 0 Å². The van der Waals surface area contributed by atoms with E-state index < -0.39 is 17.7 Å². The van der Waals surface area contributed by atoms with Crippen LogP contribution in [0.3, 0.4) is 0 Å². The lowest BCUT2D eigenvalue weighted by Crippen LogP contribution is -2.28. The molecule has 0 aliphatic rings. The first kappa shape index (κ1) is 16.1. The van der Waals surface area contributed by atoms with Gasteiger partial charge in [-0.3, -0.25) is 5.32 Å². The fourth-order valence-corrected chi connectivity index (χ4v) is 1.70. The minimum absolute atomic E-state index is 0.0400. The number of benzene rings is 1. The molecule has 20 heavy (non-hydrogen) atoms. The summed E-state index contributed by atoms with van der Waals surface area (Å²) in [6, 6.07) is 2.66. The molecule has 0 atom stereocenters. The number of halogens is 1. The number of hydrogen-bond donors (Lipinski definition) is 2. The minimum Gasteiger partial charge on any atom is -0.493 e. The van der Waals surface area contributed by atoms with E-state index in [4.69, 9.17) is 26.2 Å². The number of carboxylic acids is 1. The van der Waals surface area contributed by atoms with Gasteiger partial charge in [0, 0.05) is 0 Å². The summed E-state index contributed by atoms with van der Waals surface area (Å²) >= 11 is 5.91. The van der Waals surface area contributed by atoms with Gasteiger partial charge in [-0.05, 0) is 32.9 Å². The van der Waals surface area contributed by atoms with Crippen LogP contribution >= 0.6 is 11.6 Å². The molecule has 1 aromatic carbocycles. The van der Waals surface area contributed by atoms with Crippen LogP contribution in [0.4, 0.5) is 10.5 Å². The highest BCUT2D eigenvalue weighted by Gasteiger charge is 2.23. The van der Waals surface area contributed by atoms with Crippen molar-refractivity contribution in [1.29, 1.82) is 0 Å². The predicted molar refractivity (Wildman–Crippen MR) is 74.8 cm³/mol. The van der Waals surface area contributed by atoms with Crippen molar-refractivity contribution < 1.29 is 24.2 Å². The lowest BCUT2D eigenvalue weighted by Gasteiger charge is -2.21. The van der Waals surface area contributed by atoms with Gasteiger partial charge in [0.15, 0.2) is 5.75 Å². The molecular weight excluding hydrogens is 286 g/mol. The number of ether oxygens (including phenoxy) is 2. The fraction of sp³-hybridized carbons (Fsp3) is 0.385. The number of hydrogen-bond acceptors (Lipinski definition) is 4. The summed E-state index contributed by atoms with van der Waals surface area (Å²) in [5.74, 6) is -1.15. The zero-order valence-electron chi connectivity index (χ0n) is 11.6. The van der Waals surface area contributed by atoms with E-state index in [0.29, 0.717) is 0 Å². The van der Waals surface area contributed by atoms with Crippen LogP contribution in [0.5, 0.6) is 5.75 Å². The lowest BCUT2D eigenvalue weighted by atomic mass is 10.1. The summed E-state index contributed by atoms with van der Waals surface area (Å²) in [6.07, 6.45) is -0.791. The molecule has 0 unspecified atom stereocenters. The smallest absolute Gasteiger partial charge is 0.412 e. The van der Waals surface area contributed by atoms with Crippen molar-refractivity contribution in [2.75, 3.05) is 12.4 Å². The average molecular weight is 302 g/mol. The van der Waals surface area contributed by atoms with Crippen molar-refractivity contribution in [2.24, 2.45) is 0 Å². The van der Waals surface area contributed by atoms with Crippen LogP contribution in [-0.2, 0) is 4.74 Å². The number of nitrogens with one attached hydrogen (secondary N) is 1. The maximum absolute atomic E-state index is 11.8. The molecule has 0 aromatic heterocycles. The van der Waals surface area contributed by atoms with Crippen molar-refractivity contribution in [3.63, 3.8) is 0 Å². The summed E-state index contributed by atoms with van der Waals surface area (Å²) in [4.78, 5) is 22.9. The number of anilines is 1. The fourth-order valence-electron chi connectivity index (χ4n) is 1.46. The van der Waals surface area contributed by atoms with Gasteiger partial charge in [0.2, 0.25) is 0 Å². The van der Waals surface area contributed by atoms with E-state index in [9.17, 15) is 9.59 Å². The Labute approximate surface area is 121 Å². The Morgan fingerprint density at radius 2 is 1.90 bits per heavy atom. The number of amides is 1. The van der Waals surface area contributed by atoms with Crippen LogP contribution in [0.25, 0.3) is 0 Å². The molecule has 0 aliphatic carbocycles. The Balaban J connectivity index is 3.18. The third-order valence-electron chi connectivity index (χ3n) is 2.17. The second-order valence-corrected chi connectivity index (χ2v) is 5.34. The van der Waals surface area contributed by atoms with Crippen molar-refractivity contribution in [1.82, 2.24) is 0 Å². The first-order chi connectivity index (χ1) is 9.15. The lowest BCUT2D eigenvalue weighted by molar-refractivity contribution is 0.0635. The SMILES string of the molecule is COc1c(Cl)ccc(C(=O)O)c1NC(=O)OC(C)(C)C. The standard InChI is InChI=1S/C13H16ClNO5/c1-13(2,3)20-12(18)15-9-7(11(16)17)5-6-8(14)10(9)19-4/h5-6H,1-4H3,(H,15,18)(H,16,17). The minimum atomic E-state index is -1.22. The number of carbonyl (C=O) groups is 2. The van der Waals surface area contributed by atoms with E-state index in [-0.39, 0.29) is 22.0 Å². The molecule has 110 valence electrons. The molecule has 0 radical (unpaired) electrons. The molecule has 7 heteroatoms. The van der Waals surface area contributed by atoms with Gasteiger partial charge in [0.25, 0.3) is 0 Å². The van der Waals surface area contributed by atoms with E-state index in [0.717, 1.165) is 0 Å². The molecule has 1 rings (SSSR count). The highest BCUT2D eigenvalue weighted by molar-refractivity contribution is 6.33. The highest BCUT2D eigenvalue weighted by Crippen LogP contribution is 2.36. The van der Waals surface area contributed by atoms with Gasteiger partial charge in [0.05, 0.1) is 17.7 Å². The Morgan fingerprint density at radius 1 is 1.30 bits per heavy atom. The topological polar surface area (TPSA) is 84.9 Å². The van der Waals surface area contributed by atoms with E-state index in [2.05, 4.69) is 5.32 Å². The van der Waals surface area contributed by atoms with Gasteiger partial charge in [-0.25, -0.2) is 9.59 Å². The molecule has 0 saturated carbocycles. The number of aromatic carboxylic acids is 1. The molecule has 0 fully saturated rings. The summed E-state index contributed by atoms with van der Waals surface area (Å²) in [5, 5.41) is 11.7. The monoisotopic (exact) mass is 301 g/mol.